The molecule has 0 amide bonds. The van der Waals surface area contributed by atoms with Crippen molar-refractivity contribution in [3.63, 3.8) is 0 Å². The van der Waals surface area contributed by atoms with E-state index in [2.05, 4.69) is 272 Å². The second-order valence-electron chi connectivity index (χ2n) is 16.8. The molecule has 1 nitrogen and oxygen atoms in total. The van der Waals surface area contributed by atoms with Gasteiger partial charge >= 0.3 is 0 Å². The highest BCUT2D eigenvalue weighted by atomic mass is 15.1. The second-order valence-corrected chi connectivity index (χ2v) is 16.8. The zero-order valence-electron chi connectivity index (χ0n) is 36.1. The van der Waals surface area contributed by atoms with Gasteiger partial charge < -0.3 is 4.90 Å². The molecule has 0 aliphatic rings. The Kier molecular flexibility index (Phi) is 10.9. The van der Waals surface area contributed by atoms with Crippen LogP contribution < -0.4 is 4.90 Å². The lowest BCUT2D eigenvalue weighted by Crippen LogP contribution is -2.10. The Morgan fingerprint density at radius 2 is 0.708 bits per heavy atom. The molecule has 0 saturated carbocycles. The highest BCUT2D eigenvalue weighted by Gasteiger charge is 2.20. The van der Waals surface area contributed by atoms with Gasteiger partial charge in [0.15, 0.2) is 0 Å². The zero-order valence-corrected chi connectivity index (χ0v) is 36.1. The number of benzene rings is 11. The Morgan fingerprint density at radius 1 is 0.292 bits per heavy atom. The van der Waals surface area contributed by atoms with Crippen LogP contribution in [0.25, 0.3) is 66.1 Å². The predicted molar refractivity (Wildman–Crippen MR) is 276 cm³/mol. The van der Waals surface area contributed by atoms with Gasteiger partial charge in [0.05, 0.1) is 5.69 Å². The molecule has 0 aromatic heterocycles. The summed E-state index contributed by atoms with van der Waals surface area (Å²) >= 11 is 0. The standard InChI is InChI=1S/C64H47N/c1-3-15-47(16-4-1)49-31-29-46(30-32-49)45-63(62-27-13-21-51-19-7-9-25-60(51)62)55-35-33-53(34-36-55)58-23-11-12-24-59(58)54-39-43-57(44-40-54)65(64-28-14-22-52-20-8-10-26-61(52)64)56-41-37-50(38-42-56)48-17-5-2-6-18-48/h1-44,63H,45H2. The first-order valence-electron chi connectivity index (χ1n) is 22.6. The van der Waals surface area contributed by atoms with E-state index in [1.807, 2.05) is 0 Å². The van der Waals surface area contributed by atoms with Crippen LogP contribution in [-0.2, 0) is 6.42 Å². The quantitative estimate of drug-likeness (QED) is 0.126. The summed E-state index contributed by atoms with van der Waals surface area (Å²) in [4.78, 5) is 2.38. The molecule has 65 heavy (non-hydrogen) atoms. The van der Waals surface area contributed by atoms with Gasteiger partial charge in [0.2, 0.25) is 0 Å². The number of hydrogen-bond acceptors (Lipinski definition) is 1. The van der Waals surface area contributed by atoms with Crippen molar-refractivity contribution in [1.29, 1.82) is 0 Å². The number of nitrogens with zero attached hydrogens (tertiary/aromatic N) is 1. The number of anilines is 3. The summed E-state index contributed by atoms with van der Waals surface area (Å²) in [6, 6.07) is 97.3. The largest absolute Gasteiger partial charge is 0.310 e. The SMILES string of the molecule is c1ccc(-c2ccc(CC(c3ccc(-c4ccccc4-c4ccc(N(c5ccc(-c6ccccc6)cc5)c5cccc6ccccc56)cc4)cc3)c3cccc4ccccc34)cc2)cc1. The molecule has 0 N–H and O–H groups in total. The van der Waals surface area contributed by atoms with Crippen molar-refractivity contribution < 1.29 is 0 Å². The minimum atomic E-state index is 0.180. The van der Waals surface area contributed by atoms with Crippen molar-refractivity contribution in [2.75, 3.05) is 4.90 Å². The van der Waals surface area contributed by atoms with E-state index >= 15 is 0 Å². The van der Waals surface area contributed by atoms with E-state index in [1.54, 1.807) is 0 Å². The number of rotatable bonds is 11. The molecule has 1 unspecified atom stereocenters. The maximum Gasteiger partial charge on any atom is 0.0540 e. The molecule has 0 spiro atoms. The summed E-state index contributed by atoms with van der Waals surface area (Å²) in [5.41, 5.74) is 17.0. The maximum atomic E-state index is 2.38. The smallest absolute Gasteiger partial charge is 0.0540 e. The first kappa shape index (κ1) is 39.6. The summed E-state index contributed by atoms with van der Waals surface area (Å²) < 4.78 is 0. The zero-order chi connectivity index (χ0) is 43.4. The fourth-order valence-corrected chi connectivity index (χ4v) is 9.60. The van der Waals surface area contributed by atoms with Crippen molar-refractivity contribution in [2.45, 2.75) is 12.3 Å². The lowest BCUT2D eigenvalue weighted by Gasteiger charge is -2.27. The average molecular weight is 830 g/mol. The van der Waals surface area contributed by atoms with Gasteiger partial charge in [0.25, 0.3) is 0 Å². The second kappa shape index (κ2) is 17.8. The Bertz CT molecular complexity index is 3340. The molecule has 11 aromatic carbocycles. The number of fused-ring (bicyclic) bond motifs is 2. The van der Waals surface area contributed by atoms with Gasteiger partial charge in [-0.15, -0.1) is 0 Å². The van der Waals surface area contributed by atoms with E-state index < -0.39 is 0 Å². The molecule has 1 heteroatoms. The third-order valence-corrected chi connectivity index (χ3v) is 12.9. The van der Waals surface area contributed by atoms with Crippen molar-refractivity contribution in [2.24, 2.45) is 0 Å². The summed E-state index contributed by atoms with van der Waals surface area (Å²) in [5, 5.41) is 5.01. The van der Waals surface area contributed by atoms with Crippen LogP contribution in [0.1, 0.15) is 22.6 Å². The third-order valence-electron chi connectivity index (χ3n) is 12.9. The van der Waals surface area contributed by atoms with Crippen molar-refractivity contribution in [3.05, 3.63) is 284 Å². The highest BCUT2D eigenvalue weighted by Crippen LogP contribution is 2.42. The van der Waals surface area contributed by atoms with Gasteiger partial charge in [-0.3, -0.25) is 0 Å². The number of hydrogen-bond donors (Lipinski definition) is 0. The Labute approximate surface area is 382 Å². The summed E-state index contributed by atoms with van der Waals surface area (Å²) in [6.45, 7) is 0. The first-order valence-corrected chi connectivity index (χ1v) is 22.6. The lowest BCUT2D eigenvalue weighted by molar-refractivity contribution is 0.812. The van der Waals surface area contributed by atoms with Crippen molar-refractivity contribution in [3.8, 4) is 44.5 Å². The summed E-state index contributed by atoms with van der Waals surface area (Å²) in [5.74, 6) is 0.180. The van der Waals surface area contributed by atoms with Crippen molar-refractivity contribution in [1.82, 2.24) is 0 Å². The van der Waals surface area contributed by atoms with Gasteiger partial charge in [-0.05, 0) is 114 Å². The van der Waals surface area contributed by atoms with E-state index in [9.17, 15) is 0 Å². The van der Waals surface area contributed by atoms with Crippen LogP contribution in [0, 0.1) is 0 Å². The minimum Gasteiger partial charge on any atom is -0.310 e. The van der Waals surface area contributed by atoms with Gasteiger partial charge in [0, 0.05) is 22.7 Å². The molecule has 0 fully saturated rings. The first-order chi connectivity index (χ1) is 32.2. The fraction of sp³-hybridized carbons (Fsp3) is 0.0312. The van der Waals surface area contributed by atoms with Crippen LogP contribution in [0.15, 0.2) is 267 Å². The molecule has 0 aliphatic carbocycles. The molecule has 308 valence electrons. The van der Waals surface area contributed by atoms with Gasteiger partial charge in [-0.25, -0.2) is 0 Å². The normalized spacial score (nSPS) is 11.7. The van der Waals surface area contributed by atoms with Crippen LogP contribution in [0.4, 0.5) is 17.1 Å². The Morgan fingerprint density at radius 3 is 1.29 bits per heavy atom. The molecule has 0 bridgehead atoms. The van der Waals surface area contributed by atoms with Crippen molar-refractivity contribution >= 4 is 38.6 Å². The van der Waals surface area contributed by atoms with E-state index in [0.29, 0.717) is 0 Å². The van der Waals surface area contributed by atoms with Gasteiger partial charge in [0.1, 0.15) is 0 Å². The fourth-order valence-electron chi connectivity index (χ4n) is 9.60. The highest BCUT2D eigenvalue weighted by molar-refractivity contribution is 5.99. The van der Waals surface area contributed by atoms with Gasteiger partial charge in [-0.1, -0.05) is 237 Å². The molecular weight excluding hydrogens is 783 g/mol. The summed E-state index contributed by atoms with van der Waals surface area (Å²) in [6.07, 6.45) is 0.901. The van der Waals surface area contributed by atoms with Crippen LogP contribution >= 0.6 is 0 Å². The van der Waals surface area contributed by atoms with Crippen LogP contribution in [-0.4, -0.2) is 0 Å². The molecule has 11 aromatic rings. The van der Waals surface area contributed by atoms with E-state index in [4.69, 9.17) is 0 Å². The molecule has 0 saturated heterocycles. The molecule has 1 atom stereocenters. The van der Waals surface area contributed by atoms with Crippen LogP contribution in [0.3, 0.4) is 0 Å². The van der Waals surface area contributed by atoms with E-state index in [-0.39, 0.29) is 5.92 Å². The van der Waals surface area contributed by atoms with Gasteiger partial charge in [-0.2, -0.15) is 0 Å². The average Bonchev–Trinajstić information content (AvgIpc) is 3.39. The topological polar surface area (TPSA) is 3.24 Å². The van der Waals surface area contributed by atoms with E-state index in [1.165, 1.54) is 82.7 Å². The van der Waals surface area contributed by atoms with Crippen LogP contribution in [0.2, 0.25) is 0 Å². The molecule has 0 heterocycles. The molecule has 11 rings (SSSR count). The minimum absolute atomic E-state index is 0.180. The lowest BCUT2D eigenvalue weighted by atomic mass is 9.82. The maximum absolute atomic E-state index is 2.38. The molecule has 0 aliphatic heterocycles. The van der Waals surface area contributed by atoms with Crippen LogP contribution in [0.5, 0.6) is 0 Å². The predicted octanol–water partition coefficient (Wildman–Crippen LogP) is 17.5. The summed E-state index contributed by atoms with van der Waals surface area (Å²) in [7, 11) is 0. The molecule has 0 radical (unpaired) electrons. The Balaban J connectivity index is 0.926. The molecular formula is C64H47N. The monoisotopic (exact) mass is 829 g/mol. The Hall–Kier alpha value is -8.26. The third kappa shape index (κ3) is 8.13. The van der Waals surface area contributed by atoms with E-state index in [0.717, 1.165) is 23.5 Å².